The summed E-state index contributed by atoms with van der Waals surface area (Å²) in [6.07, 6.45) is 5.70. The maximum atomic E-state index is 7.58. The minimum atomic E-state index is 0.499. The van der Waals surface area contributed by atoms with E-state index < -0.39 is 0 Å². The van der Waals surface area contributed by atoms with Gasteiger partial charge in [-0.25, -0.2) is 15.0 Å². The predicted molar refractivity (Wildman–Crippen MR) is 46.2 cm³/mol. The third-order valence-corrected chi connectivity index (χ3v) is 1.54. The SMILES string of the molecule is CCCCC(=N)c1ncncn1. The van der Waals surface area contributed by atoms with E-state index in [4.69, 9.17) is 5.41 Å². The fourth-order valence-electron chi connectivity index (χ4n) is 0.860. The molecule has 0 radical (unpaired) electrons. The van der Waals surface area contributed by atoms with Gasteiger partial charge in [-0.1, -0.05) is 13.3 Å². The molecule has 0 spiro atoms. The summed E-state index contributed by atoms with van der Waals surface area (Å²) in [5.74, 6) is 0.499. The van der Waals surface area contributed by atoms with Gasteiger partial charge in [0.25, 0.3) is 0 Å². The van der Waals surface area contributed by atoms with Gasteiger partial charge in [0.1, 0.15) is 12.7 Å². The van der Waals surface area contributed by atoms with Crippen molar-refractivity contribution in [3.05, 3.63) is 18.5 Å². The largest absolute Gasteiger partial charge is 0.301 e. The smallest absolute Gasteiger partial charge is 0.176 e. The molecule has 0 saturated heterocycles. The van der Waals surface area contributed by atoms with Crippen LogP contribution in [0.3, 0.4) is 0 Å². The molecule has 0 aliphatic heterocycles. The molecular weight excluding hydrogens is 152 g/mol. The molecule has 0 unspecified atom stereocenters. The van der Waals surface area contributed by atoms with E-state index in [-0.39, 0.29) is 0 Å². The van der Waals surface area contributed by atoms with Crippen molar-refractivity contribution in [3.63, 3.8) is 0 Å². The average Bonchev–Trinajstić information content (AvgIpc) is 2.15. The molecule has 4 heteroatoms. The standard InChI is InChI=1S/C8H12N4/c1-2-3-4-7(9)8-11-5-10-6-12-8/h5-6,9H,2-4H2,1H3. The Labute approximate surface area is 71.6 Å². The summed E-state index contributed by atoms with van der Waals surface area (Å²) in [6, 6.07) is 0. The lowest BCUT2D eigenvalue weighted by Crippen LogP contribution is -2.04. The zero-order valence-corrected chi connectivity index (χ0v) is 7.12. The average molecular weight is 164 g/mol. The Bertz CT molecular complexity index is 244. The summed E-state index contributed by atoms with van der Waals surface area (Å²) in [5, 5.41) is 7.58. The normalized spacial score (nSPS) is 9.75. The van der Waals surface area contributed by atoms with Crippen molar-refractivity contribution in [2.24, 2.45) is 0 Å². The zero-order chi connectivity index (χ0) is 8.81. The van der Waals surface area contributed by atoms with Crippen LogP contribution >= 0.6 is 0 Å². The van der Waals surface area contributed by atoms with Crippen molar-refractivity contribution in [1.29, 1.82) is 5.41 Å². The number of hydrogen-bond acceptors (Lipinski definition) is 4. The molecule has 0 saturated carbocycles. The summed E-state index contributed by atoms with van der Waals surface area (Å²) in [7, 11) is 0. The van der Waals surface area contributed by atoms with Gasteiger partial charge in [0, 0.05) is 0 Å². The monoisotopic (exact) mass is 164 g/mol. The maximum Gasteiger partial charge on any atom is 0.176 e. The summed E-state index contributed by atoms with van der Waals surface area (Å²) >= 11 is 0. The number of nitrogens with zero attached hydrogens (tertiary/aromatic N) is 3. The minimum Gasteiger partial charge on any atom is -0.301 e. The molecule has 0 aliphatic carbocycles. The fraction of sp³-hybridized carbons (Fsp3) is 0.500. The van der Waals surface area contributed by atoms with Crippen LogP contribution in [-0.2, 0) is 0 Å². The van der Waals surface area contributed by atoms with E-state index in [0.29, 0.717) is 11.5 Å². The van der Waals surface area contributed by atoms with E-state index in [1.54, 1.807) is 0 Å². The van der Waals surface area contributed by atoms with Gasteiger partial charge in [-0.3, -0.25) is 0 Å². The molecule has 0 aliphatic rings. The summed E-state index contributed by atoms with van der Waals surface area (Å²) in [5.41, 5.74) is 0.499. The highest BCUT2D eigenvalue weighted by Gasteiger charge is 2.01. The van der Waals surface area contributed by atoms with Gasteiger partial charge in [0.15, 0.2) is 5.82 Å². The van der Waals surface area contributed by atoms with Crippen LogP contribution in [0.15, 0.2) is 12.7 Å². The van der Waals surface area contributed by atoms with Crippen LogP contribution in [0.4, 0.5) is 0 Å². The minimum absolute atomic E-state index is 0.499. The molecule has 64 valence electrons. The topological polar surface area (TPSA) is 62.5 Å². The number of aromatic nitrogens is 3. The van der Waals surface area contributed by atoms with Gasteiger partial charge in [0.05, 0.1) is 5.71 Å². The van der Waals surface area contributed by atoms with Gasteiger partial charge in [0.2, 0.25) is 0 Å². The van der Waals surface area contributed by atoms with Crippen LogP contribution < -0.4 is 0 Å². The molecular formula is C8H12N4. The third-order valence-electron chi connectivity index (χ3n) is 1.54. The molecule has 0 atom stereocenters. The summed E-state index contributed by atoms with van der Waals surface area (Å²) < 4.78 is 0. The van der Waals surface area contributed by atoms with Crippen LogP contribution in [0.1, 0.15) is 32.0 Å². The van der Waals surface area contributed by atoms with Gasteiger partial charge in [-0.15, -0.1) is 0 Å². The third kappa shape index (κ3) is 2.38. The molecule has 1 heterocycles. The van der Waals surface area contributed by atoms with Crippen molar-refractivity contribution in [2.45, 2.75) is 26.2 Å². The van der Waals surface area contributed by atoms with E-state index in [9.17, 15) is 0 Å². The van der Waals surface area contributed by atoms with Gasteiger partial charge < -0.3 is 5.41 Å². The Hall–Kier alpha value is -1.32. The highest BCUT2D eigenvalue weighted by Crippen LogP contribution is 1.99. The summed E-state index contributed by atoms with van der Waals surface area (Å²) in [6.45, 7) is 2.10. The molecule has 4 nitrogen and oxygen atoms in total. The van der Waals surface area contributed by atoms with E-state index in [1.165, 1.54) is 12.7 Å². The quantitative estimate of drug-likeness (QED) is 0.685. The highest BCUT2D eigenvalue weighted by atomic mass is 15.0. The van der Waals surface area contributed by atoms with E-state index in [1.807, 2.05) is 0 Å². The van der Waals surface area contributed by atoms with Crippen molar-refractivity contribution >= 4 is 5.71 Å². The molecule has 12 heavy (non-hydrogen) atoms. The molecule has 1 aromatic heterocycles. The fourth-order valence-corrected chi connectivity index (χ4v) is 0.860. The van der Waals surface area contributed by atoms with Gasteiger partial charge in [-0.2, -0.15) is 0 Å². The first-order chi connectivity index (χ1) is 5.84. The number of hydrogen-bond donors (Lipinski definition) is 1. The number of nitrogens with one attached hydrogen (secondary N) is 1. The second-order valence-electron chi connectivity index (χ2n) is 2.54. The number of rotatable bonds is 4. The van der Waals surface area contributed by atoms with Crippen molar-refractivity contribution in [3.8, 4) is 0 Å². The molecule has 1 rings (SSSR count). The maximum absolute atomic E-state index is 7.58. The highest BCUT2D eigenvalue weighted by molar-refractivity contribution is 5.94. The second kappa shape index (κ2) is 4.54. The van der Waals surface area contributed by atoms with E-state index in [2.05, 4.69) is 21.9 Å². The van der Waals surface area contributed by atoms with Gasteiger partial charge >= 0.3 is 0 Å². The Morgan fingerprint density at radius 3 is 2.67 bits per heavy atom. The zero-order valence-electron chi connectivity index (χ0n) is 7.12. The van der Waals surface area contributed by atoms with Crippen molar-refractivity contribution in [1.82, 2.24) is 15.0 Å². The molecule has 0 aromatic carbocycles. The molecule has 0 bridgehead atoms. The number of unbranched alkanes of at least 4 members (excludes halogenated alkanes) is 1. The Balaban J connectivity index is 2.54. The lowest BCUT2D eigenvalue weighted by molar-refractivity contribution is 0.826. The molecule has 0 fully saturated rings. The molecule has 0 amide bonds. The first-order valence-electron chi connectivity index (χ1n) is 4.04. The Kier molecular flexibility index (Phi) is 3.32. The second-order valence-corrected chi connectivity index (χ2v) is 2.54. The van der Waals surface area contributed by atoms with Gasteiger partial charge in [-0.05, 0) is 12.8 Å². The van der Waals surface area contributed by atoms with Crippen LogP contribution in [0.2, 0.25) is 0 Å². The van der Waals surface area contributed by atoms with E-state index >= 15 is 0 Å². The van der Waals surface area contributed by atoms with Crippen LogP contribution in [0.5, 0.6) is 0 Å². The van der Waals surface area contributed by atoms with Crippen LogP contribution in [0, 0.1) is 5.41 Å². The van der Waals surface area contributed by atoms with Crippen molar-refractivity contribution in [2.75, 3.05) is 0 Å². The van der Waals surface area contributed by atoms with Crippen LogP contribution in [-0.4, -0.2) is 20.7 Å². The lowest BCUT2D eigenvalue weighted by Gasteiger charge is -1.98. The molecule has 1 aromatic rings. The predicted octanol–water partition coefficient (Wildman–Crippen LogP) is 1.43. The summed E-state index contributed by atoms with van der Waals surface area (Å²) in [4.78, 5) is 11.5. The molecule has 1 N–H and O–H groups in total. The Morgan fingerprint density at radius 2 is 2.08 bits per heavy atom. The van der Waals surface area contributed by atoms with Crippen LogP contribution in [0.25, 0.3) is 0 Å². The van der Waals surface area contributed by atoms with Crippen molar-refractivity contribution < 1.29 is 0 Å². The van der Waals surface area contributed by atoms with E-state index in [0.717, 1.165) is 19.3 Å². The Morgan fingerprint density at radius 1 is 1.42 bits per heavy atom. The first kappa shape index (κ1) is 8.77. The first-order valence-corrected chi connectivity index (χ1v) is 4.04. The lowest BCUT2D eigenvalue weighted by atomic mass is 10.2.